The van der Waals surface area contributed by atoms with Crippen LogP contribution in [0.25, 0.3) is 21.3 Å². The first kappa shape index (κ1) is 8.24. The lowest BCUT2D eigenvalue weighted by Gasteiger charge is -2.00. The Bertz CT molecular complexity index is 679. The van der Waals surface area contributed by atoms with Crippen molar-refractivity contribution in [1.29, 1.82) is 0 Å². The van der Waals surface area contributed by atoms with Crippen LogP contribution in [0.5, 0.6) is 0 Å². The predicted molar refractivity (Wildman–Crippen MR) is 67.3 cm³/mol. The molecule has 16 heavy (non-hydrogen) atoms. The average molecular weight is 228 g/mol. The Kier molecular flexibility index (Phi) is 1.84. The molecule has 0 spiro atoms. The minimum absolute atomic E-state index is 0.434. The minimum atomic E-state index is 0.434. The molecule has 2 aromatic heterocycles. The molecule has 0 bridgehead atoms. The van der Waals surface area contributed by atoms with Crippen molar-refractivity contribution in [1.82, 2.24) is 9.97 Å². The summed E-state index contributed by atoms with van der Waals surface area (Å²) in [4.78, 5) is 8.92. The lowest BCUT2D eigenvalue weighted by atomic mass is 10.1. The van der Waals surface area contributed by atoms with Crippen molar-refractivity contribution in [2.24, 2.45) is 0 Å². The highest BCUT2D eigenvalue weighted by Crippen LogP contribution is 2.34. The molecule has 1 aromatic carbocycles. The number of rotatable bonds is 1. The molecule has 78 valence electrons. The van der Waals surface area contributed by atoms with Gasteiger partial charge in [-0.2, -0.15) is 0 Å². The van der Waals surface area contributed by atoms with E-state index < -0.39 is 0 Å². The fraction of sp³-hybridized carbons (Fsp3) is 0. The van der Waals surface area contributed by atoms with Crippen LogP contribution in [-0.2, 0) is 0 Å². The molecule has 0 aliphatic heterocycles. The summed E-state index contributed by atoms with van der Waals surface area (Å²) in [6.07, 6.45) is 1.43. The number of anilines is 1. The van der Waals surface area contributed by atoms with Crippen LogP contribution >= 0.6 is 11.3 Å². The Morgan fingerprint density at radius 1 is 1.19 bits per heavy atom. The third-order valence-corrected chi connectivity index (χ3v) is 3.21. The Balaban J connectivity index is 2.40. The van der Waals surface area contributed by atoms with Gasteiger partial charge in [-0.1, -0.05) is 30.3 Å². The van der Waals surface area contributed by atoms with Gasteiger partial charge in [0.1, 0.15) is 17.0 Å². The lowest BCUT2D eigenvalue weighted by molar-refractivity contribution is 1.24. The number of benzene rings is 1. The molecule has 0 saturated carbocycles. The first-order chi connectivity index (χ1) is 8.27. The lowest BCUT2D eigenvalue weighted by Crippen LogP contribution is -1.91. The minimum Gasteiger partial charge on any atom is -0.383 e. The first-order valence-electron chi connectivity index (χ1n) is 5.32. The van der Waals surface area contributed by atoms with Crippen molar-refractivity contribution in [2.45, 2.75) is 0 Å². The quantitative estimate of drug-likeness (QED) is 0.696. The molecule has 0 saturated heterocycles. The topological polar surface area (TPSA) is 51.8 Å². The van der Waals surface area contributed by atoms with E-state index in [2.05, 4.69) is 9.97 Å². The zero-order valence-corrected chi connectivity index (χ0v) is 9.16. The van der Waals surface area contributed by atoms with Crippen LogP contribution in [0, 0.1) is 0 Å². The van der Waals surface area contributed by atoms with Gasteiger partial charge in [-0.05, 0) is 5.56 Å². The van der Waals surface area contributed by atoms with Crippen LogP contribution in [0.1, 0.15) is 1.37 Å². The molecule has 0 aliphatic rings. The number of nitrogens with two attached hydrogens (primary N) is 1. The van der Waals surface area contributed by atoms with E-state index in [0.717, 1.165) is 21.3 Å². The second-order valence-corrected chi connectivity index (χ2v) is 4.18. The molecule has 0 radical (unpaired) electrons. The summed E-state index contributed by atoms with van der Waals surface area (Å²) < 4.78 is 8.03. The number of nitrogens with zero attached hydrogens (tertiary/aromatic N) is 2. The number of hydrogen-bond acceptors (Lipinski definition) is 4. The van der Waals surface area contributed by atoms with Gasteiger partial charge in [0.25, 0.3) is 0 Å². The van der Waals surface area contributed by atoms with Gasteiger partial charge in [0.2, 0.25) is 0 Å². The maximum absolute atomic E-state index is 8.03. The van der Waals surface area contributed by atoms with Gasteiger partial charge in [0.05, 0.1) is 6.76 Å². The SMILES string of the molecule is [2H]c1sc2ncnc(N)c2c1-c1ccccc1. The highest BCUT2D eigenvalue weighted by Gasteiger charge is 2.10. The van der Waals surface area contributed by atoms with Gasteiger partial charge < -0.3 is 5.73 Å². The largest absolute Gasteiger partial charge is 0.383 e. The smallest absolute Gasteiger partial charge is 0.136 e. The number of aromatic nitrogens is 2. The Morgan fingerprint density at radius 3 is 2.81 bits per heavy atom. The fourth-order valence-electron chi connectivity index (χ4n) is 1.65. The van der Waals surface area contributed by atoms with E-state index in [1.54, 1.807) is 0 Å². The van der Waals surface area contributed by atoms with Gasteiger partial charge in [-0.25, -0.2) is 9.97 Å². The maximum Gasteiger partial charge on any atom is 0.136 e. The van der Waals surface area contributed by atoms with E-state index in [0.29, 0.717) is 11.2 Å². The first-order valence-corrected chi connectivity index (χ1v) is 5.64. The van der Waals surface area contributed by atoms with E-state index in [4.69, 9.17) is 7.10 Å². The summed E-state index contributed by atoms with van der Waals surface area (Å²) in [5.41, 5.74) is 7.68. The molecule has 3 rings (SSSR count). The van der Waals surface area contributed by atoms with Crippen LogP contribution in [0.2, 0.25) is 0 Å². The monoisotopic (exact) mass is 228 g/mol. The standard InChI is InChI=1S/C12H9N3S/c13-11-10-9(8-4-2-1-3-5-8)6-16-12(10)15-7-14-11/h1-7H,(H2,13,14,15)/i6D. The molecule has 0 aliphatic carbocycles. The molecular weight excluding hydrogens is 218 g/mol. The second kappa shape index (κ2) is 3.57. The van der Waals surface area contributed by atoms with E-state index in [9.17, 15) is 0 Å². The fourth-order valence-corrected chi connectivity index (χ4v) is 2.48. The molecule has 2 N–H and O–H groups in total. The van der Waals surface area contributed by atoms with Gasteiger partial charge in [-0.3, -0.25) is 0 Å². The average Bonchev–Trinajstić information content (AvgIpc) is 2.68. The zero-order chi connectivity index (χ0) is 11.8. The highest BCUT2D eigenvalue weighted by atomic mass is 32.1. The molecule has 3 aromatic rings. The van der Waals surface area contributed by atoms with Crippen LogP contribution in [0.3, 0.4) is 0 Å². The van der Waals surface area contributed by atoms with Crippen LogP contribution in [-0.4, -0.2) is 9.97 Å². The van der Waals surface area contributed by atoms with Crippen molar-refractivity contribution < 1.29 is 1.37 Å². The maximum atomic E-state index is 8.03. The van der Waals surface area contributed by atoms with Gasteiger partial charge in [-0.15, -0.1) is 11.3 Å². The summed E-state index contributed by atoms with van der Waals surface area (Å²) in [6.45, 7) is 0. The summed E-state index contributed by atoms with van der Waals surface area (Å²) in [5.74, 6) is 0.434. The van der Waals surface area contributed by atoms with E-state index >= 15 is 0 Å². The summed E-state index contributed by atoms with van der Waals surface area (Å²) in [6, 6.07) is 9.76. The number of hydrogen-bond donors (Lipinski definition) is 1. The van der Waals surface area contributed by atoms with Gasteiger partial charge in [0.15, 0.2) is 0 Å². The Labute approximate surface area is 98.0 Å². The van der Waals surface area contributed by atoms with Crippen LogP contribution < -0.4 is 5.73 Å². The summed E-state index contributed by atoms with van der Waals surface area (Å²) in [7, 11) is 0. The van der Waals surface area contributed by atoms with E-state index in [-0.39, 0.29) is 0 Å². The third-order valence-electron chi connectivity index (χ3n) is 2.40. The third kappa shape index (κ3) is 1.35. The van der Waals surface area contributed by atoms with Crippen LogP contribution in [0.15, 0.2) is 42.0 Å². The molecule has 4 heteroatoms. The van der Waals surface area contributed by atoms with E-state index in [1.165, 1.54) is 17.7 Å². The number of nitrogen functional groups attached to an aromatic ring is 1. The van der Waals surface area contributed by atoms with Crippen molar-refractivity contribution in [2.75, 3.05) is 5.73 Å². The number of fused-ring (bicyclic) bond motifs is 1. The molecule has 0 unspecified atom stereocenters. The normalized spacial score (nSPS) is 11.6. The zero-order valence-electron chi connectivity index (χ0n) is 9.34. The Morgan fingerprint density at radius 2 is 2.00 bits per heavy atom. The molecule has 0 atom stereocenters. The summed E-state index contributed by atoms with van der Waals surface area (Å²) in [5, 5.41) is 1.26. The Hall–Kier alpha value is -1.94. The van der Waals surface area contributed by atoms with Crippen molar-refractivity contribution in [3.63, 3.8) is 0 Å². The molecule has 2 heterocycles. The second-order valence-electron chi connectivity index (χ2n) is 3.38. The molecular formula is C12H9N3S. The van der Waals surface area contributed by atoms with Crippen molar-refractivity contribution in [3.05, 3.63) is 42.0 Å². The predicted octanol–water partition coefficient (Wildman–Crippen LogP) is 2.94. The van der Waals surface area contributed by atoms with Crippen LogP contribution in [0.4, 0.5) is 5.82 Å². The summed E-state index contributed by atoms with van der Waals surface area (Å²) >= 11 is 1.32. The molecule has 0 amide bonds. The highest BCUT2D eigenvalue weighted by molar-refractivity contribution is 7.17. The van der Waals surface area contributed by atoms with Crippen molar-refractivity contribution >= 4 is 27.4 Å². The van der Waals surface area contributed by atoms with Gasteiger partial charge in [0, 0.05) is 10.9 Å². The molecule has 0 fully saturated rings. The van der Waals surface area contributed by atoms with Gasteiger partial charge >= 0.3 is 0 Å². The molecule has 3 nitrogen and oxygen atoms in total. The van der Waals surface area contributed by atoms with Crippen molar-refractivity contribution in [3.8, 4) is 11.1 Å². The number of thiophene rings is 1. The van der Waals surface area contributed by atoms with E-state index in [1.807, 2.05) is 30.3 Å².